The molecule has 0 radical (unpaired) electrons. The van der Waals surface area contributed by atoms with Crippen LogP contribution in [0.5, 0.6) is 0 Å². The molecule has 0 rings (SSSR count). The van der Waals surface area contributed by atoms with Crippen LogP contribution in [-0.4, -0.2) is 60.5 Å². The van der Waals surface area contributed by atoms with Crippen molar-refractivity contribution in [1.29, 1.82) is 0 Å². The molecule has 0 aromatic carbocycles. The number of rotatable bonds is 6. The molecular formula is C9H16N4O5. The number of carbonyl (C=O) groups is 4. The minimum absolute atomic E-state index is 0.276. The van der Waals surface area contributed by atoms with E-state index in [0.717, 1.165) is 0 Å². The van der Waals surface area contributed by atoms with Gasteiger partial charge in [0, 0.05) is 14.1 Å². The number of nitrogens with zero attached hydrogens (tertiary/aromatic N) is 1. The van der Waals surface area contributed by atoms with Gasteiger partial charge in [-0.2, -0.15) is 0 Å². The van der Waals surface area contributed by atoms with Gasteiger partial charge in [-0.3, -0.25) is 9.59 Å². The van der Waals surface area contributed by atoms with Crippen LogP contribution in [0.1, 0.15) is 6.42 Å². The molecule has 0 fully saturated rings. The second-order valence-corrected chi connectivity index (χ2v) is 3.68. The fourth-order valence-electron chi connectivity index (χ4n) is 0.925. The Hall–Kier alpha value is -2.32. The average Bonchev–Trinajstić information content (AvgIpc) is 2.23. The van der Waals surface area contributed by atoms with E-state index >= 15 is 0 Å². The van der Waals surface area contributed by atoms with E-state index in [1.807, 2.05) is 5.32 Å². The van der Waals surface area contributed by atoms with Crippen LogP contribution in [0.25, 0.3) is 0 Å². The largest absolute Gasteiger partial charge is 0.480 e. The minimum Gasteiger partial charge on any atom is -0.480 e. The van der Waals surface area contributed by atoms with Crippen LogP contribution in [0.15, 0.2) is 0 Å². The normalized spacial score (nSPS) is 11.2. The summed E-state index contributed by atoms with van der Waals surface area (Å²) in [6, 6.07) is -2.28. The summed E-state index contributed by atoms with van der Waals surface area (Å²) in [5.74, 6) is -2.60. The SMILES string of the molecule is CN(C)C(=O)CNC(=O)N[C@@H](CC(N)=O)C(=O)O. The van der Waals surface area contributed by atoms with Gasteiger partial charge in [0.05, 0.1) is 13.0 Å². The van der Waals surface area contributed by atoms with Crippen LogP contribution >= 0.6 is 0 Å². The Bertz CT molecular complexity index is 355. The number of nitrogens with two attached hydrogens (primary N) is 1. The highest BCUT2D eigenvalue weighted by Gasteiger charge is 2.22. The van der Waals surface area contributed by atoms with Crippen LogP contribution in [0.4, 0.5) is 4.79 Å². The first-order valence-corrected chi connectivity index (χ1v) is 4.99. The van der Waals surface area contributed by atoms with Crippen molar-refractivity contribution in [2.45, 2.75) is 12.5 Å². The molecule has 9 heteroatoms. The maximum atomic E-state index is 11.3. The number of aliphatic carboxylic acids is 1. The fraction of sp³-hybridized carbons (Fsp3) is 0.556. The molecule has 9 nitrogen and oxygen atoms in total. The van der Waals surface area contributed by atoms with Crippen LogP contribution in [0.3, 0.4) is 0 Å². The molecule has 0 aromatic heterocycles. The maximum Gasteiger partial charge on any atom is 0.326 e. The molecule has 18 heavy (non-hydrogen) atoms. The molecule has 0 saturated carbocycles. The first-order chi connectivity index (χ1) is 8.23. The monoisotopic (exact) mass is 260 g/mol. The lowest BCUT2D eigenvalue weighted by Crippen LogP contribution is -2.49. The number of hydrogen-bond acceptors (Lipinski definition) is 4. The first-order valence-electron chi connectivity index (χ1n) is 4.99. The zero-order chi connectivity index (χ0) is 14.3. The Labute approximate surface area is 103 Å². The van der Waals surface area contributed by atoms with Crippen LogP contribution < -0.4 is 16.4 Å². The van der Waals surface area contributed by atoms with E-state index in [9.17, 15) is 19.2 Å². The zero-order valence-electron chi connectivity index (χ0n) is 10.1. The first kappa shape index (κ1) is 15.7. The van der Waals surface area contributed by atoms with Crippen LogP contribution in [0.2, 0.25) is 0 Å². The number of carboxylic acid groups (broad SMARTS) is 1. The maximum absolute atomic E-state index is 11.3. The molecule has 102 valence electrons. The molecule has 5 N–H and O–H groups in total. The van der Waals surface area contributed by atoms with Crippen LogP contribution in [0, 0.1) is 0 Å². The minimum atomic E-state index is -1.42. The third-order valence-electron chi connectivity index (χ3n) is 1.91. The summed E-state index contributed by atoms with van der Waals surface area (Å²) in [5.41, 5.74) is 4.83. The van der Waals surface area contributed by atoms with Gasteiger partial charge < -0.3 is 26.4 Å². The van der Waals surface area contributed by atoms with Gasteiger partial charge >= 0.3 is 12.0 Å². The van der Waals surface area contributed by atoms with Gasteiger partial charge in [-0.05, 0) is 0 Å². The lowest BCUT2D eigenvalue weighted by Gasteiger charge is -2.14. The number of carboxylic acids is 1. The van der Waals surface area contributed by atoms with Crippen molar-refractivity contribution in [3.05, 3.63) is 0 Å². The summed E-state index contributed by atoms with van der Waals surface area (Å²) in [6.07, 6.45) is -0.523. The Morgan fingerprint density at radius 3 is 2.22 bits per heavy atom. The van der Waals surface area contributed by atoms with E-state index in [2.05, 4.69) is 5.32 Å². The molecule has 0 unspecified atom stereocenters. The van der Waals surface area contributed by atoms with Gasteiger partial charge in [0.1, 0.15) is 6.04 Å². The highest BCUT2D eigenvalue weighted by molar-refractivity contribution is 5.89. The summed E-state index contributed by atoms with van der Waals surface area (Å²) in [4.78, 5) is 44.9. The number of likely N-dealkylation sites (N-methyl/N-ethyl adjacent to an activating group) is 1. The third-order valence-corrected chi connectivity index (χ3v) is 1.91. The van der Waals surface area contributed by atoms with Gasteiger partial charge in [0.15, 0.2) is 0 Å². The molecule has 0 aliphatic carbocycles. The quantitative estimate of drug-likeness (QED) is 0.425. The number of hydrogen-bond donors (Lipinski definition) is 4. The molecule has 0 aromatic rings. The lowest BCUT2D eigenvalue weighted by atomic mass is 10.2. The van der Waals surface area contributed by atoms with Crippen molar-refractivity contribution >= 4 is 23.8 Å². The predicted octanol–water partition coefficient (Wildman–Crippen LogP) is -2.30. The van der Waals surface area contributed by atoms with Crippen molar-refractivity contribution in [2.75, 3.05) is 20.6 Å². The van der Waals surface area contributed by atoms with Gasteiger partial charge in [0.2, 0.25) is 11.8 Å². The van der Waals surface area contributed by atoms with E-state index in [0.29, 0.717) is 0 Å². The second kappa shape index (κ2) is 7.09. The predicted molar refractivity (Wildman–Crippen MR) is 60.5 cm³/mol. The van der Waals surface area contributed by atoms with Crippen molar-refractivity contribution in [3.63, 3.8) is 0 Å². The molecular weight excluding hydrogens is 244 g/mol. The molecule has 0 bridgehead atoms. The van der Waals surface area contributed by atoms with Gasteiger partial charge in [0.25, 0.3) is 0 Å². The van der Waals surface area contributed by atoms with E-state index < -0.39 is 30.4 Å². The average molecular weight is 260 g/mol. The van der Waals surface area contributed by atoms with Crippen molar-refractivity contribution < 1.29 is 24.3 Å². The topological polar surface area (TPSA) is 142 Å². The number of carbonyl (C=O) groups excluding carboxylic acids is 3. The van der Waals surface area contributed by atoms with E-state index in [1.165, 1.54) is 19.0 Å². The van der Waals surface area contributed by atoms with Gasteiger partial charge in [-0.1, -0.05) is 0 Å². The van der Waals surface area contributed by atoms with Crippen LogP contribution in [-0.2, 0) is 14.4 Å². The van der Waals surface area contributed by atoms with Crippen molar-refractivity contribution in [3.8, 4) is 0 Å². The number of amides is 4. The fourth-order valence-corrected chi connectivity index (χ4v) is 0.925. The van der Waals surface area contributed by atoms with Gasteiger partial charge in [-0.15, -0.1) is 0 Å². The molecule has 0 aliphatic heterocycles. The third kappa shape index (κ3) is 6.30. The van der Waals surface area contributed by atoms with Gasteiger partial charge in [-0.25, -0.2) is 9.59 Å². The summed E-state index contributed by atoms with van der Waals surface area (Å²) in [5, 5.41) is 12.9. The number of primary amides is 1. The highest BCUT2D eigenvalue weighted by atomic mass is 16.4. The van der Waals surface area contributed by atoms with Crippen molar-refractivity contribution in [2.24, 2.45) is 5.73 Å². The zero-order valence-corrected chi connectivity index (χ0v) is 10.1. The summed E-state index contributed by atoms with van der Waals surface area (Å²) in [6.45, 7) is -0.276. The van der Waals surface area contributed by atoms with E-state index in [-0.39, 0.29) is 12.5 Å². The second-order valence-electron chi connectivity index (χ2n) is 3.68. The summed E-state index contributed by atoms with van der Waals surface area (Å²) >= 11 is 0. The Morgan fingerprint density at radius 1 is 1.28 bits per heavy atom. The van der Waals surface area contributed by atoms with E-state index in [4.69, 9.17) is 10.8 Å². The Morgan fingerprint density at radius 2 is 1.83 bits per heavy atom. The Balaban J connectivity index is 4.22. The summed E-state index contributed by atoms with van der Waals surface area (Å²) < 4.78 is 0. The number of urea groups is 1. The lowest BCUT2D eigenvalue weighted by molar-refractivity contribution is -0.140. The number of nitrogens with one attached hydrogen (secondary N) is 2. The standard InChI is InChI=1S/C9H16N4O5/c1-13(2)7(15)4-11-9(18)12-5(8(16)17)3-6(10)14/h5H,3-4H2,1-2H3,(H2,10,14)(H,16,17)(H2,11,12,18)/t5-/m0/s1. The van der Waals surface area contributed by atoms with Crippen molar-refractivity contribution in [1.82, 2.24) is 15.5 Å². The highest BCUT2D eigenvalue weighted by Crippen LogP contribution is 1.91. The smallest absolute Gasteiger partial charge is 0.326 e. The molecule has 0 saturated heterocycles. The molecule has 0 spiro atoms. The summed E-state index contributed by atoms with van der Waals surface area (Å²) in [7, 11) is 3.02. The molecule has 0 heterocycles. The Kier molecular flexibility index (Phi) is 6.18. The molecule has 0 aliphatic rings. The van der Waals surface area contributed by atoms with E-state index in [1.54, 1.807) is 0 Å². The molecule has 1 atom stereocenters. The molecule has 4 amide bonds.